The molecule has 1 aliphatic rings. The third kappa shape index (κ3) is 2.68. The monoisotopic (exact) mass is 249 g/mol. The van der Waals surface area contributed by atoms with Crippen molar-refractivity contribution in [2.45, 2.75) is 33.3 Å². The van der Waals surface area contributed by atoms with Crippen molar-refractivity contribution in [1.82, 2.24) is 5.32 Å². The molecular formula is C15H23NO2. The first-order valence-electron chi connectivity index (χ1n) is 6.59. The van der Waals surface area contributed by atoms with E-state index in [-0.39, 0.29) is 0 Å². The molecule has 3 nitrogen and oxygen atoms in total. The minimum atomic E-state index is 0.296. The highest BCUT2D eigenvalue weighted by molar-refractivity contribution is 5.49. The molecule has 1 aromatic rings. The van der Waals surface area contributed by atoms with Gasteiger partial charge in [0.15, 0.2) is 0 Å². The first-order valence-corrected chi connectivity index (χ1v) is 6.59. The molecule has 1 fully saturated rings. The minimum absolute atomic E-state index is 0.296. The smallest absolute Gasteiger partial charge is 0.124 e. The first-order chi connectivity index (χ1) is 8.63. The third-order valence-corrected chi connectivity index (χ3v) is 3.79. The Labute approximate surface area is 109 Å². The van der Waals surface area contributed by atoms with Crippen molar-refractivity contribution < 1.29 is 9.47 Å². The molecule has 1 atom stereocenters. The fourth-order valence-electron chi connectivity index (χ4n) is 2.66. The van der Waals surface area contributed by atoms with E-state index >= 15 is 0 Å². The molecule has 1 saturated heterocycles. The van der Waals surface area contributed by atoms with Crippen LogP contribution in [0.25, 0.3) is 0 Å². The molecule has 1 N–H and O–H groups in total. The topological polar surface area (TPSA) is 30.5 Å². The first kappa shape index (κ1) is 13.4. The van der Waals surface area contributed by atoms with Crippen molar-refractivity contribution >= 4 is 0 Å². The minimum Gasteiger partial charge on any atom is -0.496 e. The lowest BCUT2D eigenvalue weighted by Crippen LogP contribution is -2.39. The summed E-state index contributed by atoms with van der Waals surface area (Å²) in [5.41, 5.74) is 5.15. The summed E-state index contributed by atoms with van der Waals surface area (Å²) in [7, 11) is 1.74. The molecule has 0 spiro atoms. The molecule has 100 valence electrons. The Kier molecular flexibility index (Phi) is 4.25. The van der Waals surface area contributed by atoms with Crippen LogP contribution in [0, 0.1) is 20.8 Å². The second kappa shape index (κ2) is 5.72. The third-order valence-electron chi connectivity index (χ3n) is 3.79. The van der Waals surface area contributed by atoms with Gasteiger partial charge < -0.3 is 14.8 Å². The van der Waals surface area contributed by atoms with Gasteiger partial charge in [0.2, 0.25) is 0 Å². The molecular weight excluding hydrogens is 226 g/mol. The van der Waals surface area contributed by atoms with Crippen LogP contribution < -0.4 is 10.1 Å². The summed E-state index contributed by atoms with van der Waals surface area (Å²) >= 11 is 0. The molecule has 2 rings (SSSR count). The second-order valence-corrected chi connectivity index (χ2v) is 5.04. The standard InChI is InChI=1S/C15H23NO2/c1-10-7-13(8-14-9-16-5-6-18-14)11(2)12(3)15(10)17-4/h7,14,16H,5-6,8-9H2,1-4H3. The van der Waals surface area contributed by atoms with E-state index in [0.717, 1.165) is 31.9 Å². The zero-order chi connectivity index (χ0) is 13.1. The Bertz CT molecular complexity index is 423. The average molecular weight is 249 g/mol. The zero-order valence-corrected chi connectivity index (χ0v) is 11.8. The summed E-state index contributed by atoms with van der Waals surface area (Å²) in [6.07, 6.45) is 1.27. The predicted molar refractivity (Wildman–Crippen MR) is 73.5 cm³/mol. The predicted octanol–water partition coefficient (Wildman–Crippen LogP) is 2.15. The van der Waals surface area contributed by atoms with Crippen LogP contribution in [0.5, 0.6) is 5.75 Å². The van der Waals surface area contributed by atoms with Gasteiger partial charge in [-0.15, -0.1) is 0 Å². The Morgan fingerprint density at radius 1 is 1.33 bits per heavy atom. The fraction of sp³-hybridized carbons (Fsp3) is 0.600. The van der Waals surface area contributed by atoms with Crippen molar-refractivity contribution in [3.8, 4) is 5.75 Å². The van der Waals surface area contributed by atoms with E-state index in [1.54, 1.807) is 7.11 Å². The van der Waals surface area contributed by atoms with Crippen LogP contribution >= 0.6 is 0 Å². The fourth-order valence-corrected chi connectivity index (χ4v) is 2.66. The number of hydrogen-bond donors (Lipinski definition) is 1. The SMILES string of the molecule is COc1c(C)cc(CC2CNCCO2)c(C)c1C. The quantitative estimate of drug-likeness (QED) is 0.890. The van der Waals surface area contributed by atoms with Gasteiger partial charge in [0.1, 0.15) is 5.75 Å². The van der Waals surface area contributed by atoms with Crippen molar-refractivity contribution in [3.63, 3.8) is 0 Å². The lowest BCUT2D eigenvalue weighted by molar-refractivity contribution is 0.0291. The largest absolute Gasteiger partial charge is 0.496 e. The molecule has 1 aliphatic heterocycles. The normalized spacial score (nSPS) is 19.9. The molecule has 18 heavy (non-hydrogen) atoms. The molecule has 0 bridgehead atoms. The van der Waals surface area contributed by atoms with Gasteiger partial charge in [0.25, 0.3) is 0 Å². The molecule has 3 heteroatoms. The average Bonchev–Trinajstić information content (AvgIpc) is 2.37. The molecule has 0 aromatic heterocycles. The molecule has 0 saturated carbocycles. The highest BCUT2D eigenvalue weighted by atomic mass is 16.5. The van der Waals surface area contributed by atoms with Gasteiger partial charge >= 0.3 is 0 Å². The number of ether oxygens (including phenoxy) is 2. The van der Waals surface area contributed by atoms with E-state index in [2.05, 4.69) is 32.2 Å². The molecule has 0 amide bonds. The highest BCUT2D eigenvalue weighted by Crippen LogP contribution is 2.29. The van der Waals surface area contributed by atoms with Crippen molar-refractivity contribution in [2.75, 3.05) is 26.8 Å². The van der Waals surface area contributed by atoms with E-state index < -0.39 is 0 Å². The number of benzene rings is 1. The van der Waals surface area contributed by atoms with Crippen molar-refractivity contribution in [2.24, 2.45) is 0 Å². The van der Waals surface area contributed by atoms with Crippen LogP contribution in [0.4, 0.5) is 0 Å². The van der Waals surface area contributed by atoms with Gasteiger partial charge in [0, 0.05) is 19.5 Å². The second-order valence-electron chi connectivity index (χ2n) is 5.04. The lowest BCUT2D eigenvalue weighted by Gasteiger charge is -2.25. The molecule has 1 aromatic carbocycles. The van der Waals surface area contributed by atoms with Crippen molar-refractivity contribution in [3.05, 3.63) is 28.3 Å². The molecule has 1 heterocycles. The number of nitrogens with one attached hydrogen (secondary N) is 1. The van der Waals surface area contributed by atoms with Gasteiger partial charge in [-0.25, -0.2) is 0 Å². The number of aryl methyl sites for hydroxylation is 1. The summed E-state index contributed by atoms with van der Waals surface area (Å²) in [5.74, 6) is 1.01. The maximum atomic E-state index is 5.78. The summed E-state index contributed by atoms with van der Waals surface area (Å²) in [4.78, 5) is 0. The Balaban J connectivity index is 2.22. The Morgan fingerprint density at radius 3 is 2.72 bits per heavy atom. The number of methoxy groups -OCH3 is 1. The summed E-state index contributed by atoms with van der Waals surface area (Å²) in [5, 5.41) is 3.38. The number of rotatable bonds is 3. The summed E-state index contributed by atoms with van der Waals surface area (Å²) in [6.45, 7) is 9.14. The lowest BCUT2D eigenvalue weighted by atomic mass is 9.94. The van der Waals surface area contributed by atoms with Crippen molar-refractivity contribution in [1.29, 1.82) is 0 Å². The van der Waals surface area contributed by atoms with E-state index in [9.17, 15) is 0 Å². The molecule has 0 aliphatic carbocycles. The van der Waals surface area contributed by atoms with Crippen LogP contribution in [0.2, 0.25) is 0 Å². The van der Waals surface area contributed by atoms with Gasteiger partial charge in [-0.05, 0) is 43.0 Å². The maximum Gasteiger partial charge on any atom is 0.124 e. The molecule has 1 unspecified atom stereocenters. The van der Waals surface area contributed by atoms with Gasteiger partial charge in [0.05, 0.1) is 19.8 Å². The van der Waals surface area contributed by atoms with Crippen LogP contribution in [0.1, 0.15) is 22.3 Å². The van der Waals surface area contributed by atoms with E-state index in [1.807, 2.05) is 0 Å². The van der Waals surface area contributed by atoms with E-state index in [4.69, 9.17) is 9.47 Å². The number of morpholine rings is 1. The van der Waals surface area contributed by atoms with Crippen LogP contribution in [-0.4, -0.2) is 32.9 Å². The van der Waals surface area contributed by atoms with Gasteiger partial charge in [-0.3, -0.25) is 0 Å². The van der Waals surface area contributed by atoms with Crippen LogP contribution in [0.15, 0.2) is 6.07 Å². The van der Waals surface area contributed by atoms with Crippen LogP contribution in [0.3, 0.4) is 0 Å². The summed E-state index contributed by atoms with van der Waals surface area (Å²) < 4.78 is 11.2. The highest BCUT2D eigenvalue weighted by Gasteiger charge is 2.17. The zero-order valence-electron chi connectivity index (χ0n) is 11.8. The molecule has 0 radical (unpaired) electrons. The Morgan fingerprint density at radius 2 is 2.11 bits per heavy atom. The van der Waals surface area contributed by atoms with E-state index in [1.165, 1.54) is 22.3 Å². The van der Waals surface area contributed by atoms with Gasteiger partial charge in [-0.2, -0.15) is 0 Å². The maximum absolute atomic E-state index is 5.78. The number of hydrogen-bond acceptors (Lipinski definition) is 3. The summed E-state index contributed by atoms with van der Waals surface area (Å²) in [6, 6.07) is 2.24. The van der Waals surface area contributed by atoms with Crippen LogP contribution in [-0.2, 0) is 11.2 Å². The Hall–Kier alpha value is -1.06. The van der Waals surface area contributed by atoms with Gasteiger partial charge in [-0.1, -0.05) is 6.07 Å². The van der Waals surface area contributed by atoms with E-state index in [0.29, 0.717) is 6.10 Å².